The van der Waals surface area contributed by atoms with Crippen LogP contribution in [-0.4, -0.2) is 41.3 Å². The summed E-state index contributed by atoms with van der Waals surface area (Å²) in [6.07, 6.45) is 9.14. The molecular weight excluding hydrogens is 326 g/mol. The van der Waals surface area contributed by atoms with E-state index in [9.17, 15) is 9.59 Å². The number of amides is 2. The van der Waals surface area contributed by atoms with Gasteiger partial charge in [0.15, 0.2) is 0 Å². The molecule has 3 fully saturated rings. The van der Waals surface area contributed by atoms with Crippen molar-refractivity contribution in [2.75, 3.05) is 19.6 Å². The molecular formula is C21H29N3O2. The van der Waals surface area contributed by atoms with Crippen molar-refractivity contribution in [3.63, 3.8) is 0 Å². The normalized spacial score (nSPS) is 27.9. The summed E-state index contributed by atoms with van der Waals surface area (Å²) in [5, 5.41) is 3.17. The van der Waals surface area contributed by atoms with Gasteiger partial charge in [-0.2, -0.15) is 0 Å². The van der Waals surface area contributed by atoms with Gasteiger partial charge >= 0.3 is 0 Å². The van der Waals surface area contributed by atoms with E-state index in [1.807, 2.05) is 17.0 Å². The van der Waals surface area contributed by atoms with Crippen LogP contribution in [0.4, 0.5) is 0 Å². The molecule has 0 radical (unpaired) electrons. The monoisotopic (exact) mass is 355 g/mol. The molecule has 3 aliphatic rings. The summed E-state index contributed by atoms with van der Waals surface area (Å²) < 4.78 is 0. The van der Waals surface area contributed by atoms with Gasteiger partial charge in [0, 0.05) is 42.9 Å². The zero-order valence-corrected chi connectivity index (χ0v) is 15.7. The maximum Gasteiger partial charge on any atom is 0.255 e. The molecule has 2 atom stereocenters. The van der Waals surface area contributed by atoms with E-state index < -0.39 is 0 Å². The van der Waals surface area contributed by atoms with Crippen molar-refractivity contribution in [3.05, 3.63) is 29.6 Å². The molecule has 2 heterocycles. The summed E-state index contributed by atoms with van der Waals surface area (Å²) in [5.41, 5.74) is 1.65. The lowest BCUT2D eigenvalue weighted by Gasteiger charge is -2.30. The molecule has 5 nitrogen and oxygen atoms in total. The van der Waals surface area contributed by atoms with Crippen LogP contribution < -0.4 is 5.32 Å². The van der Waals surface area contributed by atoms with Gasteiger partial charge in [-0.05, 0) is 56.6 Å². The third-order valence-corrected chi connectivity index (χ3v) is 6.59. The Balaban J connectivity index is 1.41. The zero-order chi connectivity index (χ0) is 18.1. The van der Waals surface area contributed by atoms with Gasteiger partial charge in [0.2, 0.25) is 5.91 Å². The first-order valence-electron chi connectivity index (χ1n) is 10.1. The Morgan fingerprint density at radius 2 is 2.12 bits per heavy atom. The molecule has 2 saturated carbocycles. The molecule has 140 valence electrons. The molecule has 0 unspecified atom stereocenters. The smallest absolute Gasteiger partial charge is 0.255 e. The summed E-state index contributed by atoms with van der Waals surface area (Å²) in [6.45, 7) is 4.36. The maximum absolute atomic E-state index is 12.9. The van der Waals surface area contributed by atoms with Gasteiger partial charge in [0.25, 0.3) is 5.91 Å². The minimum atomic E-state index is -0.0138. The number of nitrogens with zero attached hydrogens (tertiary/aromatic N) is 2. The Morgan fingerprint density at radius 3 is 2.81 bits per heavy atom. The predicted octanol–water partition coefficient (Wildman–Crippen LogP) is 2.80. The van der Waals surface area contributed by atoms with Crippen molar-refractivity contribution in [3.8, 4) is 0 Å². The maximum atomic E-state index is 12.9. The van der Waals surface area contributed by atoms with E-state index in [2.05, 4.69) is 17.2 Å². The van der Waals surface area contributed by atoms with Crippen LogP contribution in [0.5, 0.6) is 0 Å². The van der Waals surface area contributed by atoms with Crippen molar-refractivity contribution < 1.29 is 9.59 Å². The van der Waals surface area contributed by atoms with E-state index in [1.54, 1.807) is 6.20 Å². The Kier molecular flexibility index (Phi) is 4.72. The average molecular weight is 355 g/mol. The van der Waals surface area contributed by atoms with E-state index in [1.165, 1.54) is 12.8 Å². The first kappa shape index (κ1) is 17.5. The van der Waals surface area contributed by atoms with Crippen LogP contribution in [0.15, 0.2) is 18.3 Å². The van der Waals surface area contributed by atoms with Gasteiger partial charge < -0.3 is 10.2 Å². The number of aromatic nitrogens is 1. The van der Waals surface area contributed by atoms with Crippen LogP contribution in [0.2, 0.25) is 0 Å². The molecule has 1 aliphatic heterocycles. The zero-order valence-electron chi connectivity index (χ0n) is 15.7. The number of rotatable bonds is 5. The highest BCUT2D eigenvalue weighted by Gasteiger charge is 2.51. The summed E-state index contributed by atoms with van der Waals surface area (Å²) in [4.78, 5) is 31.9. The molecule has 0 aromatic carbocycles. The summed E-state index contributed by atoms with van der Waals surface area (Å²) in [7, 11) is 0. The van der Waals surface area contributed by atoms with E-state index in [4.69, 9.17) is 0 Å². The molecule has 26 heavy (non-hydrogen) atoms. The lowest BCUT2D eigenvalue weighted by Crippen LogP contribution is -2.42. The molecule has 1 aromatic rings. The summed E-state index contributed by atoms with van der Waals surface area (Å²) in [5.74, 6) is 1.05. The van der Waals surface area contributed by atoms with Gasteiger partial charge in [-0.3, -0.25) is 14.6 Å². The second-order valence-corrected chi connectivity index (χ2v) is 8.36. The van der Waals surface area contributed by atoms with Gasteiger partial charge in [-0.25, -0.2) is 0 Å². The summed E-state index contributed by atoms with van der Waals surface area (Å²) in [6, 6.07) is 3.82. The van der Waals surface area contributed by atoms with Crippen LogP contribution in [0.25, 0.3) is 0 Å². The fourth-order valence-electron chi connectivity index (χ4n) is 4.74. The van der Waals surface area contributed by atoms with E-state index in [0.29, 0.717) is 18.0 Å². The molecule has 1 N–H and O–H groups in total. The highest BCUT2D eigenvalue weighted by molar-refractivity contribution is 5.94. The van der Waals surface area contributed by atoms with Crippen LogP contribution >= 0.6 is 0 Å². The number of carbonyl (C=O) groups is 2. The number of aryl methyl sites for hydroxylation is 1. The van der Waals surface area contributed by atoms with Gasteiger partial charge in [-0.1, -0.05) is 13.3 Å². The molecule has 0 bridgehead atoms. The number of nitrogens with one attached hydrogen (secondary N) is 1. The average Bonchev–Trinajstić information content (AvgIpc) is 3.27. The van der Waals surface area contributed by atoms with Gasteiger partial charge in [-0.15, -0.1) is 0 Å². The molecule has 4 rings (SSSR count). The Bertz CT molecular complexity index is 683. The second-order valence-electron chi connectivity index (χ2n) is 8.36. The van der Waals surface area contributed by atoms with Crippen molar-refractivity contribution in [2.45, 2.75) is 51.9 Å². The third-order valence-electron chi connectivity index (χ3n) is 6.59. The molecule has 1 spiro atoms. The number of pyridine rings is 1. The van der Waals surface area contributed by atoms with Crippen LogP contribution in [0.3, 0.4) is 0 Å². The van der Waals surface area contributed by atoms with Gasteiger partial charge in [0.05, 0.1) is 5.56 Å². The topological polar surface area (TPSA) is 62.3 Å². The third kappa shape index (κ3) is 3.36. The minimum Gasteiger partial charge on any atom is -0.356 e. The van der Waals surface area contributed by atoms with Crippen LogP contribution in [0, 0.1) is 17.3 Å². The minimum absolute atomic E-state index is 0.0138. The quantitative estimate of drug-likeness (QED) is 0.883. The first-order valence-corrected chi connectivity index (χ1v) is 10.1. The predicted molar refractivity (Wildman–Crippen MR) is 99.6 cm³/mol. The number of likely N-dealkylation sites (tertiary alicyclic amines) is 1. The Labute approximate surface area is 155 Å². The lowest BCUT2D eigenvalue weighted by molar-refractivity contribution is -0.128. The van der Waals surface area contributed by atoms with E-state index >= 15 is 0 Å². The van der Waals surface area contributed by atoms with E-state index in [0.717, 1.165) is 50.9 Å². The Morgan fingerprint density at radius 1 is 1.27 bits per heavy atom. The van der Waals surface area contributed by atoms with Gasteiger partial charge in [0.1, 0.15) is 0 Å². The highest BCUT2D eigenvalue weighted by Crippen LogP contribution is 2.50. The number of carbonyl (C=O) groups excluding carboxylic acids is 2. The van der Waals surface area contributed by atoms with Crippen molar-refractivity contribution >= 4 is 11.8 Å². The van der Waals surface area contributed by atoms with Crippen molar-refractivity contribution in [2.24, 2.45) is 17.3 Å². The molecule has 1 aromatic heterocycles. The first-order chi connectivity index (χ1) is 12.6. The number of hydrogen-bond acceptors (Lipinski definition) is 3. The molecule has 1 saturated heterocycles. The van der Waals surface area contributed by atoms with Crippen LogP contribution in [0.1, 0.15) is 61.5 Å². The molecule has 2 amide bonds. The van der Waals surface area contributed by atoms with Crippen LogP contribution in [-0.2, 0) is 11.2 Å². The fourth-order valence-corrected chi connectivity index (χ4v) is 4.74. The highest BCUT2D eigenvalue weighted by atomic mass is 16.2. The van der Waals surface area contributed by atoms with E-state index in [-0.39, 0.29) is 23.1 Å². The Hall–Kier alpha value is -1.91. The van der Waals surface area contributed by atoms with Crippen molar-refractivity contribution in [1.82, 2.24) is 15.2 Å². The fraction of sp³-hybridized carbons (Fsp3) is 0.667. The SMILES string of the molecule is CCc1ccc(C(=O)N2CC[C@@]3(CCC[C@@H]3C(=O)NCC3CC3)C2)cn1. The summed E-state index contributed by atoms with van der Waals surface area (Å²) >= 11 is 0. The standard InChI is InChI=1S/C21H29N3O2/c1-2-17-8-7-16(13-22-17)20(26)24-11-10-21(14-24)9-3-4-18(21)19(25)23-12-15-5-6-15/h7-8,13,15,18H,2-6,9-12,14H2,1H3,(H,23,25)/t18-,21+/m1/s1. The molecule has 5 heteroatoms. The second kappa shape index (κ2) is 7.01. The number of hydrogen-bond donors (Lipinski definition) is 1. The largest absolute Gasteiger partial charge is 0.356 e. The lowest BCUT2D eigenvalue weighted by atomic mass is 9.76. The molecule has 2 aliphatic carbocycles. The van der Waals surface area contributed by atoms with Crippen molar-refractivity contribution in [1.29, 1.82) is 0 Å².